The maximum absolute atomic E-state index is 13.4. The second-order valence-electron chi connectivity index (χ2n) is 5.82. The third kappa shape index (κ3) is 2.74. The molecule has 104 valence electrons. The van der Waals surface area contributed by atoms with Crippen molar-refractivity contribution in [1.29, 1.82) is 0 Å². The third-order valence-electron chi connectivity index (χ3n) is 3.97. The normalized spacial score (nSPS) is 27.6. The molecular weight excluding hydrogens is 243 g/mol. The van der Waals surface area contributed by atoms with Crippen LogP contribution in [0, 0.1) is 5.82 Å². The van der Waals surface area contributed by atoms with E-state index in [1.807, 2.05) is 13.0 Å². The summed E-state index contributed by atoms with van der Waals surface area (Å²) >= 11 is 0. The standard InChI is InChI=1S/C15H21FN2O/c1-10(17)6-11-7-12(16)2-5-15(11)18-8-13-3-4-14(9-18)19-13/h2,5,7,10,13-14H,3-4,6,8-9,17H2,1H3. The summed E-state index contributed by atoms with van der Waals surface area (Å²) in [5, 5.41) is 0. The molecule has 0 aliphatic carbocycles. The molecule has 2 aliphatic heterocycles. The molecule has 3 rings (SSSR count). The molecule has 0 spiro atoms. The SMILES string of the molecule is CC(N)Cc1cc(F)ccc1N1CC2CCC(C1)O2. The summed E-state index contributed by atoms with van der Waals surface area (Å²) in [4.78, 5) is 2.34. The van der Waals surface area contributed by atoms with Crippen LogP contribution in [0.3, 0.4) is 0 Å². The van der Waals surface area contributed by atoms with Gasteiger partial charge in [-0.25, -0.2) is 4.39 Å². The molecule has 3 unspecified atom stereocenters. The summed E-state index contributed by atoms with van der Waals surface area (Å²) < 4.78 is 19.3. The number of hydrogen-bond acceptors (Lipinski definition) is 3. The van der Waals surface area contributed by atoms with Crippen molar-refractivity contribution in [2.45, 2.75) is 44.4 Å². The zero-order valence-corrected chi connectivity index (χ0v) is 11.3. The number of nitrogens with zero attached hydrogens (tertiary/aromatic N) is 1. The van der Waals surface area contributed by atoms with Gasteiger partial charge < -0.3 is 15.4 Å². The van der Waals surface area contributed by atoms with Gasteiger partial charge in [0.1, 0.15) is 5.82 Å². The molecule has 0 radical (unpaired) electrons. The van der Waals surface area contributed by atoms with Crippen LogP contribution in [0.4, 0.5) is 10.1 Å². The molecule has 3 atom stereocenters. The van der Waals surface area contributed by atoms with Crippen molar-refractivity contribution < 1.29 is 9.13 Å². The predicted molar refractivity (Wildman–Crippen MR) is 73.9 cm³/mol. The quantitative estimate of drug-likeness (QED) is 0.908. The number of nitrogens with two attached hydrogens (primary N) is 1. The lowest BCUT2D eigenvalue weighted by Gasteiger charge is -2.35. The van der Waals surface area contributed by atoms with Gasteiger partial charge in [-0.05, 0) is 49.9 Å². The Morgan fingerprint density at radius 2 is 2.05 bits per heavy atom. The third-order valence-corrected chi connectivity index (χ3v) is 3.97. The molecule has 2 aliphatic rings. The van der Waals surface area contributed by atoms with E-state index in [0.29, 0.717) is 18.6 Å². The van der Waals surface area contributed by atoms with E-state index in [4.69, 9.17) is 10.5 Å². The van der Waals surface area contributed by atoms with Crippen molar-refractivity contribution in [3.05, 3.63) is 29.6 Å². The monoisotopic (exact) mass is 264 g/mol. The van der Waals surface area contributed by atoms with Crippen molar-refractivity contribution in [3.8, 4) is 0 Å². The maximum Gasteiger partial charge on any atom is 0.123 e. The molecule has 19 heavy (non-hydrogen) atoms. The Balaban J connectivity index is 1.86. The van der Waals surface area contributed by atoms with Crippen molar-refractivity contribution in [3.63, 3.8) is 0 Å². The Hall–Kier alpha value is -1.13. The molecule has 4 heteroatoms. The molecular formula is C15H21FN2O. The molecule has 2 heterocycles. The van der Waals surface area contributed by atoms with Gasteiger partial charge in [-0.2, -0.15) is 0 Å². The summed E-state index contributed by atoms with van der Waals surface area (Å²) in [7, 11) is 0. The van der Waals surface area contributed by atoms with E-state index in [2.05, 4.69) is 4.90 Å². The van der Waals surface area contributed by atoms with E-state index in [9.17, 15) is 4.39 Å². The van der Waals surface area contributed by atoms with Crippen LogP contribution in [0.1, 0.15) is 25.3 Å². The lowest BCUT2D eigenvalue weighted by atomic mass is 10.0. The minimum Gasteiger partial charge on any atom is -0.371 e. The fourth-order valence-corrected chi connectivity index (χ4v) is 3.18. The molecule has 0 amide bonds. The second-order valence-corrected chi connectivity index (χ2v) is 5.82. The van der Waals surface area contributed by atoms with Crippen LogP contribution >= 0.6 is 0 Å². The number of halogens is 1. The Morgan fingerprint density at radius 3 is 2.68 bits per heavy atom. The van der Waals surface area contributed by atoms with Gasteiger partial charge in [-0.1, -0.05) is 0 Å². The van der Waals surface area contributed by atoms with Crippen LogP contribution in [-0.2, 0) is 11.2 Å². The number of anilines is 1. The molecule has 0 aromatic heterocycles. The van der Waals surface area contributed by atoms with Gasteiger partial charge in [0.05, 0.1) is 12.2 Å². The Labute approximate surface area is 113 Å². The Bertz CT molecular complexity index is 451. The molecule has 2 bridgehead atoms. The van der Waals surface area contributed by atoms with Crippen molar-refractivity contribution >= 4 is 5.69 Å². The lowest BCUT2D eigenvalue weighted by molar-refractivity contribution is 0.0304. The van der Waals surface area contributed by atoms with Crippen LogP contribution in [-0.4, -0.2) is 31.3 Å². The number of fused-ring (bicyclic) bond motifs is 2. The summed E-state index contributed by atoms with van der Waals surface area (Å²) in [5.74, 6) is -0.185. The first-order valence-electron chi connectivity index (χ1n) is 7.06. The highest BCUT2D eigenvalue weighted by Crippen LogP contribution is 2.32. The minimum absolute atomic E-state index is 0.0401. The van der Waals surface area contributed by atoms with Crippen LogP contribution in [0.5, 0.6) is 0 Å². The van der Waals surface area contributed by atoms with Gasteiger partial charge in [0.2, 0.25) is 0 Å². The van der Waals surface area contributed by atoms with Gasteiger partial charge in [0.25, 0.3) is 0 Å². The Morgan fingerprint density at radius 1 is 1.37 bits per heavy atom. The fourth-order valence-electron chi connectivity index (χ4n) is 3.18. The lowest BCUT2D eigenvalue weighted by Crippen LogP contribution is -2.43. The van der Waals surface area contributed by atoms with Gasteiger partial charge in [-0.3, -0.25) is 0 Å². The number of benzene rings is 1. The molecule has 0 saturated carbocycles. The molecule has 2 saturated heterocycles. The zero-order chi connectivity index (χ0) is 13.4. The summed E-state index contributed by atoms with van der Waals surface area (Å²) in [5.41, 5.74) is 8.01. The van der Waals surface area contributed by atoms with Crippen LogP contribution in [0.25, 0.3) is 0 Å². The predicted octanol–water partition coefficient (Wildman–Crippen LogP) is 2.08. The Kier molecular flexibility index (Phi) is 3.46. The molecule has 3 nitrogen and oxygen atoms in total. The maximum atomic E-state index is 13.4. The summed E-state index contributed by atoms with van der Waals surface area (Å²) in [6.45, 7) is 3.78. The van der Waals surface area contributed by atoms with Gasteiger partial charge in [0, 0.05) is 24.8 Å². The van der Waals surface area contributed by atoms with Crippen molar-refractivity contribution in [2.24, 2.45) is 5.73 Å². The smallest absolute Gasteiger partial charge is 0.123 e. The first kappa shape index (κ1) is 12.9. The largest absolute Gasteiger partial charge is 0.371 e. The topological polar surface area (TPSA) is 38.5 Å². The van der Waals surface area contributed by atoms with Gasteiger partial charge in [0.15, 0.2) is 0 Å². The molecule has 2 fully saturated rings. The first-order chi connectivity index (χ1) is 9.11. The van der Waals surface area contributed by atoms with E-state index < -0.39 is 0 Å². The minimum atomic E-state index is -0.185. The summed E-state index contributed by atoms with van der Waals surface area (Å²) in [6, 6.07) is 5.09. The number of hydrogen-bond donors (Lipinski definition) is 1. The van der Waals surface area contributed by atoms with E-state index in [0.717, 1.165) is 37.2 Å². The number of morpholine rings is 1. The van der Waals surface area contributed by atoms with Crippen LogP contribution < -0.4 is 10.6 Å². The molecule has 1 aromatic carbocycles. The highest BCUT2D eigenvalue weighted by atomic mass is 19.1. The van der Waals surface area contributed by atoms with E-state index in [-0.39, 0.29) is 11.9 Å². The van der Waals surface area contributed by atoms with Crippen LogP contribution in [0.15, 0.2) is 18.2 Å². The van der Waals surface area contributed by atoms with Crippen molar-refractivity contribution in [1.82, 2.24) is 0 Å². The van der Waals surface area contributed by atoms with E-state index in [1.54, 1.807) is 6.07 Å². The van der Waals surface area contributed by atoms with E-state index in [1.165, 1.54) is 6.07 Å². The van der Waals surface area contributed by atoms with E-state index >= 15 is 0 Å². The molecule has 1 aromatic rings. The average molecular weight is 264 g/mol. The van der Waals surface area contributed by atoms with Gasteiger partial charge >= 0.3 is 0 Å². The highest BCUT2D eigenvalue weighted by molar-refractivity contribution is 5.55. The second kappa shape index (κ2) is 5.10. The fraction of sp³-hybridized carbons (Fsp3) is 0.600. The van der Waals surface area contributed by atoms with Gasteiger partial charge in [-0.15, -0.1) is 0 Å². The number of ether oxygens (including phenoxy) is 1. The first-order valence-corrected chi connectivity index (χ1v) is 7.06. The summed E-state index contributed by atoms with van der Waals surface area (Å²) in [6.07, 6.45) is 3.68. The average Bonchev–Trinajstić information content (AvgIpc) is 2.68. The van der Waals surface area contributed by atoms with Crippen molar-refractivity contribution in [2.75, 3.05) is 18.0 Å². The van der Waals surface area contributed by atoms with Crippen LogP contribution in [0.2, 0.25) is 0 Å². The number of rotatable bonds is 3. The molecule has 2 N–H and O–H groups in total. The highest BCUT2D eigenvalue weighted by Gasteiger charge is 2.34. The zero-order valence-electron chi connectivity index (χ0n) is 11.3.